The molecule has 8 aromatic carbocycles. The van der Waals surface area contributed by atoms with Crippen molar-refractivity contribution in [3.63, 3.8) is 0 Å². The van der Waals surface area contributed by atoms with E-state index in [0.29, 0.717) is 0 Å². The smallest absolute Gasteiger partial charge is 0.0619 e. The van der Waals surface area contributed by atoms with Crippen LogP contribution < -0.4 is 4.90 Å². The van der Waals surface area contributed by atoms with Gasteiger partial charge < -0.3 is 9.47 Å². The fraction of sp³-hybridized carbons (Fsp3) is 0. The normalized spacial score (nSPS) is 11.3. The number of anilines is 3. The van der Waals surface area contributed by atoms with E-state index in [0.717, 1.165) is 22.7 Å². The highest BCUT2D eigenvalue weighted by atomic mass is 15.1. The topological polar surface area (TPSA) is 8.17 Å². The molecule has 9 aromatic rings. The van der Waals surface area contributed by atoms with E-state index in [4.69, 9.17) is 0 Å². The van der Waals surface area contributed by atoms with Crippen molar-refractivity contribution in [2.24, 2.45) is 0 Å². The van der Waals surface area contributed by atoms with Crippen LogP contribution in [0.25, 0.3) is 60.5 Å². The van der Waals surface area contributed by atoms with Gasteiger partial charge in [0.2, 0.25) is 0 Å². The van der Waals surface area contributed by atoms with Crippen molar-refractivity contribution < 1.29 is 0 Å². The third kappa shape index (κ3) is 4.74. The quantitative estimate of drug-likeness (QED) is 0.181. The lowest BCUT2D eigenvalue weighted by Crippen LogP contribution is -2.11. The Morgan fingerprint density at radius 2 is 0.979 bits per heavy atom. The minimum atomic E-state index is 1.10. The van der Waals surface area contributed by atoms with Crippen LogP contribution in [0, 0.1) is 0 Å². The van der Waals surface area contributed by atoms with Gasteiger partial charge in [0.25, 0.3) is 0 Å². The third-order valence-electron chi connectivity index (χ3n) is 9.37. The number of para-hydroxylation sites is 2. The Morgan fingerprint density at radius 3 is 1.73 bits per heavy atom. The average molecular weight is 613 g/mol. The van der Waals surface area contributed by atoms with Crippen molar-refractivity contribution in [3.8, 4) is 27.9 Å². The average Bonchev–Trinajstić information content (AvgIpc) is 3.51. The summed E-state index contributed by atoms with van der Waals surface area (Å²) in [7, 11) is 0. The highest BCUT2D eigenvalue weighted by Crippen LogP contribution is 2.43. The second-order valence-electron chi connectivity index (χ2n) is 12.2. The zero-order valence-corrected chi connectivity index (χ0v) is 26.4. The summed E-state index contributed by atoms with van der Waals surface area (Å²) in [6, 6.07) is 69.8. The lowest BCUT2D eigenvalue weighted by Gasteiger charge is -2.28. The summed E-state index contributed by atoms with van der Waals surface area (Å²) in [6.45, 7) is 0. The van der Waals surface area contributed by atoms with Crippen LogP contribution in [-0.2, 0) is 0 Å². The zero-order valence-electron chi connectivity index (χ0n) is 26.4. The van der Waals surface area contributed by atoms with E-state index in [1.54, 1.807) is 0 Å². The summed E-state index contributed by atoms with van der Waals surface area (Å²) in [5.74, 6) is 0. The monoisotopic (exact) mass is 612 g/mol. The number of fused-ring (bicyclic) bond motifs is 5. The number of benzene rings is 8. The summed E-state index contributed by atoms with van der Waals surface area (Å²) in [5, 5.41) is 5.03. The largest absolute Gasteiger partial charge is 0.310 e. The fourth-order valence-corrected chi connectivity index (χ4v) is 7.14. The molecule has 0 bridgehead atoms. The van der Waals surface area contributed by atoms with Crippen LogP contribution in [0.3, 0.4) is 0 Å². The van der Waals surface area contributed by atoms with Gasteiger partial charge in [-0.05, 0) is 76.7 Å². The van der Waals surface area contributed by atoms with E-state index in [1.807, 2.05) is 0 Å². The molecule has 1 heterocycles. The van der Waals surface area contributed by atoms with Gasteiger partial charge in [-0.15, -0.1) is 0 Å². The molecular weight excluding hydrogens is 581 g/mol. The van der Waals surface area contributed by atoms with Crippen molar-refractivity contribution in [1.82, 2.24) is 4.57 Å². The molecule has 0 saturated heterocycles. The van der Waals surface area contributed by atoms with Gasteiger partial charge in [0.15, 0.2) is 0 Å². The van der Waals surface area contributed by atoms with Crippen molar-refractivity contribution in [2.75, 3.05) is 4.90 Å². The van der Waals surface area contributed by atoms with Gasteiger partial charge in [0.1, 0.15) is 0 Å². The number of aromatic nitrogens is 1. The summed E-state index contributed by atoms with van der Waals surface area (Å²) in [4.78, 5) is 2.38. The molecule has 0 unspecified atom stereocenters. The molecule has 48 heavy (non-hydrogen) atoms. The minimum absolute atomic E-state index is 1.10. The molecule has 0 spiro atoms. The van der Waals surface area contributed by atoms with Gasteiger partial charge in [-0.25, -0.2) is 0 Å². The molecule has 2 heteroatoms. The molecule has 0 N–H and O–H groups in total. The van der Waals surface area contributed by atoms with Crippen LogP contribution in [0.2, 0.25) is 0 Å². The lowest BCUT2D eigenvalue weighted by molar-refractivity contribution is 1.18. The minimum Gasteiger partial charge on any atom is -0.310 e. The molecule has 0 fully saturated rings. The van der Waals surface area contributed by atoms with Gasteiger partial charge in [-0.1, -0.05) is 140 Å². The summed E-state index contributed by atoms with van der Waals surface area (Å²) < 4.78 is 2.42. The predicted molar refractivity (Wildman–Crippen MR) is 204 cm³/mol. The van der Waals surface area contributed by atoms with Crippen LogP contribution in [0.5, 0.6) is 0 Å². The maximum absolute atomic E-state index is 2.42. The molecule has 0 aliphatic rings. The molecule has 1 aromatic heterocycles. The summed E-state index contributed by atoms with van der Waals surface area (Å²) >= 11 is 0. The highest BCUT2D eigenvalue weighted by molar-refractivity contribution is 6.18. The van der Waals surface area contributed by atoms with Crippen LogP contribution in [0.1, 0.15) is 0 Å². The van der Waals surface area contributed by atoms with E-state index in [1.165, 1.54) is 54.8 Å². The molecule has 0 amide bonds. The van der Waals surface area contributed by atoms with Crippen LogP contribution in [-0.4, -0.2) is 4.57 Å². The first kappa shape index (κ1) is 27.9. The Bertz CT molecular complexity index is 2530. The van der Waals surface area contributed by atoms with Gasteiger partial charge in [0, 0.05) is 38.8 Å². The summed E-state index contributed by atoms with van der Waals surface area (Å²) in [5.41, 5.74) is 11.7. The molecular formula is C46H32N2. The van der Waals surface area contributed by atoms with E-state index in [-0.39, 0.29) is 0 Å². The molecule has 0 saturated carbocycles. The fourth-order valence-electron chi connectivity index (χ4n) is 7.14. The summed E-state index contributed by atoms with van der Waals surface area (Å²) in [6.07, 6.45) is 0. The maximum Gasteiger partial charge on any atom is 0.0619 e. The standard InChI is InChI=1S/C46H32N2/c1-4-14-33(15-5-1)36-25-31-45(43(32-36)34-16-6-2-7-17-34)47(37-19-8-3-9-20-37)38-26-28-39(29-27-38)48-44-23-13-12-22-41(44)42-30-24-35-18-10-11-21-40(35)46(42)48/h1-32H. The van der Waals surface area contributed by atoms with E-state index in [9.17, 15) is 0 Å². The SMILES string of the molecule is c1ccc(-c2ccc(N(c3ccccc3)c3ccc(-n4c5ccccc5c5ccc6ccccc6c54)cc3)c(-c3ccccc3)c2)cc1. The Hall–Kier alpha value is -6.38. The number of hydrogen-bond donors (Lipinski definition) is 0. The van der Waals surface area contributed by atoms with Gasteiger partial charge in [-0.2, -0.15) is 0 Å². The van der Waals surface area contributed by atoms with Crippen LogP contribution in [0.4, 0.5) is 17.1 Å². The second-order valence-corrected chi connectivity index (χ2v) is 12.2. The molecule has 0 radical (unpaired) electrons. The van der Waals surface area contributed by atoms with E-state index < -0.39 is 0 Å². The number of hydrogen-bond acceptors (Lipinski definition) is 1. The third-order valence-corrected chi connectivity index (χ3v) is 9.37. The molecule has 2 nitrogen and oxygen atoms in total. The Kier molecular flexibility index (Phi) is 6.84. The van der Waals surface area contributed by atoms with Crippen molar-refractivity contribution >= 4 is 49.6 Å². The Morgan fingerprint density at radius 1 is 0.375 bits per heavy atom. The van der Waals surface area contributed by atoms with Gasteiger partial charge in [0.05, 0.1) is 16.7 Å². The highest BCUT2D eigenvalue weighted by Gasteiger charge is 2.19. The van der Waals surface area contributed by atoms with Gasteiger partial charge in [-0.3, -0.25) is 0 Å². The molecule has 0 aliphatic heterocycles. The second kappa shape index (κ2) is 11.8. The van der Waals surface area contributed by atoms with E-state index >= 15 is 0 Å². The lowest BCUT2D eigenvalue weighted by atomic mass is 9.96. The zero-order chi connectivity index (χ0) is 31.9. The van der Waals surface area contributed by atoms with Crippen LogP contribution >= 0.6 is 0 Å². The Labute approximate surface area is 280 Å². The molecule has 9 rings (SSSR count). The molecule has 0 aliphatic carbocycles. The van der Waals surface area contributed by atoms with E-state index in [2.05, 4.69) is 204 Å². The van der Waals surface area contributed by atoms with Crippen molar-refractivity contribution in [1.29, 1.82) is 0 Å². The first-order valence-electron chi connectivity index (χ1n) is 16.4. The number of rotatable bonds is 6. The number of nitrogens with zero attached hydrogens (tertiary/aromatic N) is 2. The van der Waals surface area contributed by atoms with Crippen LogP contribution in [0.15, 0.2) is 194 Å². The first-order chi connectivity index (χ1) is 23.8. The molecule has 0 atom stereocenters. The van der Waals surface area contributed by atoms with Gasteiger partial charge >= 0.3 is 0 Å². The first-order valence-corrected chi connectivity index (χ1v) is 16.4. The van der Waals surface area contributed by atoms with Crippen molar-refractivity contribution in [3.05, 3.63) is 194 Å². The van der Waals surface area contributed by atoms with Crippen molar-refractivity contribution in [2.45, 2.75) is 0 Å². The Balaban J connectivity index is 1.24. The maximum atomic E-state index is 2.42. The predicted octanol–water partition coefficient (Wildman–Crippen LogP) is 12.7. The molecule has 226 valence electrons.